The number of nitrogens with one attached hydrogen (secondary N) is 1. The van der Waals surface area contributed by atoms with Gasteiger partial charge in [-0.1, -0.05) is 40.9 Å². The lowest BCUT2D eigenvalue weighted by Crippen LogP contribution is -2.52. The molecule has 9 nitrogen and oxygen atoms in total. The first-order chi connectivity index (χ1) is 20.6. The molecule has 3 aromatic carbocycles. The van der Waals surface area contributed by atoms with Crippen LogP contribution in [0.3, 0.4) is 0 Å². The van der Waals surface area contributed by atoms with Crippen molar-refractivity contribution in [2.45, 2.75) is 63.1 Å². The average Bonchev–Trinajstić information content (AvgIpc) is 3.52. The molecule has 0 aromatic heterocycles. The van der Waals surface area contributed by atoms with Gasteiger partial charge < -0.3 is 19.7 Å². The lowest BCUT2D eigenvalue weighted by Gasteiger charge is -2.32. The van der Waals surface area contributed by atoms with Crippen LogP contribution in [0, 0.1) is 0 Å². The molecule has 43 heavy (non-hydrogen) atoms. The summed E-state index contributed by atoms with van der Waals surface area (Å²) in [6, 6.07) is 19.2. The van der Waals surface area contributed by atoms with Crippen LogP contribution < -0.4 is 19.1 Å². The van der Waals surface area contributed by atoms with E-state index in [1.165, 1.54) is 17.0 Å². The Morgan fingerprint density at radius 3 is 2.14 bits per heavy atom. The van der Waals surface area contributed by atoms with Crippen LogP contribution in [-0.4, -0.2) is 57.5 Å². The highest BCUT2D eigenvalue weighted by atomic mass is 79.9. The summed E-state index contributed by atoms with van der Waals surface area (Å²) < 4.78 is 40.6. The maximum Gasteiger partial charge on any atom is 0.264 e. The van der Waals surface area contributed by atoms with E-state index in [0.29, 0.717) is 23.8 Å². The number of hydrogen-bond acceptors (Lipinski definition) is 6. The van der Waals surface area contributed by atoms with E-state index < -0.39 is 28.5 Å². The number of amides is 2. The van der Waals surface area contributed by atoms with Crippen LogP contribution in [0.2, 0.25) is 0 Å². The Hall–Kier alpha value is -3.57. The van der Waals surface area contributed by atoms with Gasteiger partial charge in [0.2, 0.25) is 11.8 Å². The van der Waals surface area contributed by atoms with Gasteiger partial charge in [0.25, 0.3) is 10.0 Å². The molecule has 0 heterocycles. The van der Waals surface area contributed by atoms with Crippen molar-refractivity contribution in [1.29, 1.82) is 0 Å². The fourth-order valence-corrected chi connectivity index (χ4v) is 6.72. The average molecular weight is 673 g/mol. The molecule has 0 spiro atoms. The zero-order chi connectivity index (χ0) is 31.0. The van der Waals surface area contributed by atoms with Gasteiger partial charge in [-0.15, -0.1) is 0 Å². The molecule has 0 saturated heterocycles. The Balaban J connectivity index is 1.68. The van der Waals surface area contributed by atoms with Gasteiger partial charge >= 0.3 is 0 Å². The normalized spacial score (nSPS) is 14.1. The smallest absolute Gasteiger partial charge is 0.264 e. The number of hydrogen-bond donors (Lipinski definition) is 1. The van der Waals surface area contributed by atoms with Crippen LogP contribution in [0.1, 0.15) is 45.1 Å². The molecule has 3 aromatic rings. The number of benzene rings is 3. The molecule has 1 N–H and O–H groups in total. The second-order valence-electron chi connectivity index (χ2n) is 10.4. The SMILES string of the molecule is CCOc1ccc(N(CC(=O)N(Cc2ccc(OC)cc2)[C@@H](C)C(=O)NC2CCCC2)S(=O)(=O)c2ccc(Br)cc2)cc1. The fraction of sp³-hybridized carbons (Fsp3) is 0.375. The first-order valence-corrected chi connectivity index (χ1v) is 16.6. The molecule has 1 aliphatic carbocycles. The van der Waals surface area contributed by atoms with Gasteiger partial charge in [0.15, 0.2) is 0 Å². The van der Waals surface area contributed by atoms with Crippen molar-refractivity contribution in [2.75, 3.05) is 24.6 Å². The molecule has 2 amide bonds. The second-order valence-corrected chi connectivity index (χ2v) is 13.2. The third kappa shape index (κ3) is 8.29. The van der Waals surface area contributed by atoms with Gasteiger partial charge in [-0.05, 0) is 92.9 Å². The van der Waals surface area contributed by atoms with Crippen LogP contribution in [0.4, 0.5) is 5.69 Å². The van der Waals surface area contributed by atoms with Gasteiger partial charge in [-0.25, -0.2) is 8.42 Å². The van der Waals surface area contributed by atoms with Gasteiger partial charge in [0.1, 0.15) is 24.1 Å². The number of methoxy groups -OCH3 is 1. The largest absolute Gasteiger partial charge is 0.497 e. The summed E-state index contributed by atoms with van der Waals surface area (Å²) in [7, 11) is -2.59. The number of ether oxygens (including phenoxy) is 2. The molecule has 0 aliphatic heterocycles. The summed E-state index contributed by atoms with van der Waals surface area (Å²) >= 11 is 3.35. The molecular formula is C32H38BrN3O6S. The van der Waals surface area contributed by atoms with E-state index in [4.69, 9.17) is 9.47 Å². The number of sulfonamides is 1. The Kier molecular flexibility index (Phi) is 11.1. The Morgan fingerprint density at radius 1 is 0.953 bits per heavy atom. The third-order valence-corrected chi connectivity index (χ3v) is 9.81. The number of carbonyl (C=O) groups excluding carboxylic acids is 2. The van der Waals surface area contributed by atoms with Crippen LogP contribution in [0.5, 0.6) is 11.5 Å². The molecule has 11 heteroatoms. The lowest BCUT2D eigenvalue weighted by molar-refractivity contribution is -0.139. The van der Waals surface area contributed by atoms with Crippen LogP contribution in [0.15, 0.2) is 82.2 Å². The molecular weight excluding hydrogens is 634 g/mol. The molecule has 230 valence electrons. The van der Waals surface area contributed by atoms with E-state index in [2.05, 4.69) is 21.2 Å². The molecule has 1 saturated carbocycles. The minimum Gasteiger partial charge on any atom is -0.497 e. The predicted molar refractivity (Wildman–Crippen MR) is 170 cm³/mol. The number of carbonyl (C=O) groups is 2. The number of nitrogens with zero attached hydrogens (tertiary/aromatic N) is 2. The van der Waals surface area contributed by atoms with Crippen LogP contribution >= 0.6 is 15.9 Å². The first-order valence-electron chi connectivity index (χ1n) is 14.4. The fourth-order valence-electron chi connectivity index (χ4n) is 5.04. The van der Waals surface area contributed by atoms with Crippen molar-refractivity contribution in [3.63, 3.8) is 0 Å². The number of rotatable bonds is 13. The molecule has 4 rings (SSSR count). The van der Waals surface area contributed by atoms with Crippen molar-refractivity contribution in [1.82, 2.24) is 10.2 Å². The van der Waals surface area contributed by atoms with Crippen LogP contribution in [0.25, 0.3) is 0 Å². The van der Waals surface area contributed by atoms with E-state index in [1.54, 1.807) is 62.6 Å². The van der Waals surface area contributed by atoms with E-state index in [0.717, 1.165) is 40.0 Å². The zero-order valence-electron chi connectivity index (χ0n) is 24.7. The lowest BCUT2D eigenvalue weighted by atomic mass is 10.1. The van der Waals surface area contributed by atoms with Gasteiger partial charge in [0, 0.05) is 17.1 Å². The highest BCUT2D eigenvalue weighted by Crippen LogP contribution is 2.28. The highest BCUT2D eigenvalue weighted by molar-refractivity contribution is 9.10. The summed E-state index contributed by atoms with van der Waals surface area (Å²) in [5, 5.41) is 3.08. The number of halogens is 1. The third-order valence-electron chi connectivity index (χ3n) is 7.50. The van der Waals surface area contributed by atoms with Gasteiger partial charge in [-0.3, -0.25) is 13.9 Å². The van der Waals surface area contributed by atoms with E-state index in [1.807, 2.05) is 19.1 Å². The predicted octanol–water partition coefficient (Wildman–Crippen LogP) is 5.53. The van der Waals surface area contributed by atoms with E-state index >= 15 is 0 Å². The summed E-state index contributed by atoms with van der Waals surface area (Å²) in [6.07, 6.45) is 3.92. The molecule has 0 unspecified atom stereocenters. The van der Waals surface area contributed by atoms with Gasteiger partial charge in [-0.2, -0.15) is 0 Å². The molecule has 1 atom stereocenters. The van der Waals surface area contributed by atoms with Crippen molar-refractivity contribution < 1.29 is 27.5 Å². The summed E-state index contributed by atoms with van der Waals surface area (Å²) in [5.74, 6) is 0.462. The van der Waals surface area contributed by atoms with Gasteiger partial charge in [0.05, 0.1) is 24.3 Å². The molecule has 1 fully saturated rings. The van der Waals surface area contributed by atoms with Crippen molar-refractivity contribution >= 4 is 43.5 Å². The topological polar surface area (TPSA) is 105 Å². The quantitative estimate of drug-likeness (QED) is 0.256. The second kappa shape index (κ2) is 14.7. The van der Waals surface area contributed by atoms with Crippen molar-refractivity contribution in [2.24, 2.45) is 0 Å². The van der Waals surface area contributed by atoms with E-state index in [9.17, 15) is 18.0 Å². The molecule has 0 radical (unpaired) electrons. The minimum atomic E-state index is -4.16. The van der Waals surface area contributed by atoms with Crippen LogP contribution in [-0.2, 0) is 26.2 Å². The zero-order valence-corrected chi connectivity index (χ0v) is 27.1. The molecule has 1 aliphatic rings. The maximum atomic E-state index is 14.1. The standard InChI is InChI=1S/C32H38BrN3O6S/c1-4-42-29-17-13-27(14-18-29)36(43(39,40)30-19-11-25(33)12-20-30)22-31(37)35(21-24-9-15-28(41-3)16-10-24)23(2)32(38)34-26-7-5-6-8-26/h9-20,23,26H,4-8,21-22H2,1-3H3,(H,34,38)/t23-/m0/s1. The van der Waals surface area contributed by atoms with Crippen molar-refractivity contribution in [3.8, 4) is 11.5 Å². The Morgan fingerprint density at radius 2 is 1.56 bits per heavy atom. The van der Waals surface area contributed by atoms with E-state index in [-0.39, 0.29) is 23.4 Å². The summed E-state index contributed by atoms with van der Waals surface area (Å²) in [4.78, 5) is 29.0. The monoisotopic (exact) mass is 671 g/mol. The highest BCUT2D eigenvalue weighted by Gasteiger charge is 2.33. The minimum absolute atomic E-state index is 0.0334. The molecule has 0 bridgehead atoms. The summed E-state index contributed by atoms with van der Waals surface area (Å²) in [6.45, 7) is 3.59. The summed E-state index contributed by atoms with van der Waals surface area (Å²) in [5.41, 5.74) is 1.07. The van der Waals surface area contributed by atoms with Crippen molar-refractivity contribution in [3.05, 3.63) is 82.8 Å². The Labute approximate surface area is 262 Å². The maximum absolute atomic E-state index is 14.1. The number of anilines is 1. The Bertz CT molecular complexity index is 1470. The first kappa shape index (κ1) is 32.3.